The summed E-state index contributed by atoms with van der Waals surface area (Å²) in [6, 6.07) is 18.8. The van der Waals surface area contributed by atoms with E-state index in [0.717, 1.165) is 29.8 Å². The molecule has 0 aliphatic heterocycles. The molecular weight excluding hydrogens is 438 g/mol. The Hall–Kier alpha value is -3.42. The van der Waals surface area contributed by atoms with Crippen molar-refractivity contribution in [1.29, 1.82) is 0 Å². The van der Waals surface area contributed by atoms with Crippen LogP contribution in [0.5, 0.6) is 5.88 Å². The van der Waals surface area contributed by atoms with Gasteiger partial charge in [-0.15, -0.1) is 5.10 Å². The summed E-state index contributed by atoms with van der Waals surface area (Å²) >= 11 is 6.05. The van der Waals surface area contributed by atoms with Crippen LogP contribution in [0.3, 0.4) is 0 Å². The molecule has 2 aromatic carbocycles. The highest BCUT2D eigenvalue weighted by Crippen LogP contribution is 2.22. The van der Waals surface area contributed by atoms with Crippen molar-refractivity contribution in [2.75, 3.05) is 33.8 Å². The quantitative estimate of drug-likeness (QED) is 0.406. The van der Waals surface area contributed by atoms with Gasteiger partial charge >= 0.3 is 0 Å². The van der Waals surface area contributed by atoms with Crippen molar-refractivity contribution in [1.82, 2.24) is 24.8 Å². The van der Waals surface area contributed by atoms with Crippen molar-refractivity contribution >= 4 is 23.2 Å². The van der Waals surface area contributed by atoms with Crippen LogP contribution in [0, 0.1) is 0 Å². The highest BCUT2D eigenvalue weighted by Gasteiger charge is 2.12. The number of hydrogen-bond acceptors (Lipinski definition) is 5. The number of aromatic nitrogens is 3. The normalized spacial score (nSPS) is 11.2. The molecule has 0 aliphatic rings. The third-order valence-corrected chi connectivity index (χ3v) is 5.37. The number of imidazole rings is 1. The summed E-state index contributed by atoms with van der Waals surface area (Å²) < 4.78 is 7.61. The van der Waals surface area contributed by atoms with Gasteiger partial charge in [-0.25, -0.2) is 9.50 Å². The lowest BCUT2D eigenvalue weighted by atomic mass is 10.1. The van der Waals surface area contributed by atoms with E-state index in [2.05, 4.69) is 15.4 Å². The zero-order valence-electron chi connectivity index (χ0n) is 18.7. The first-order chi connectivity index (χ1) is 16.0. The molecule has 0 atom stereocenters. The van der Waals surface area contributed by atoms with Crippen LogP contribution in [0.1, 0.15) is 15.9 Å². The maximum Gasteiger partial charge on any atom is 0.251 e. The first kappa shape index (κ1) is 22.8. The van der Waals surface area contributed by atoms with Crippen molar-refractivity contribution in [2.45, 2.75) is 6.42 Å². The Morgan fingerprint density at radius 1 is 1.12 bits per heavy atom. The minimum atomic E-state index is -0.106. The van der Waals surface area contributed by atoms with Crippen LogP contribution in [0.2, 0.25) is 5.02 Å². The van der Waals surface area contributed by atoms with Gasteiger partial charge in [-0.3, -0.25) is 4.79 Å². The fourth-order valence-electron chi connectivity index (χ4n) is 3.41. The van der Waals surface area contributed by atoms with Gasteiger partial charge in [0.15, 0.2) is 5.65 Å². The Kier molecular flexibility index (Phi) is 7.22. The SMILES string of the molecule is CN(C)CCNC(=O)c1cccc(-c2cnc3ccc(OCCc4cccc(Cl)c4)nn23)c1. The molecule has 0 spiro atoms. The number of nitrogens with one attached hydrogen (secondary N) is 1. The summed E-state index contributed by atoms with van der Waals surface area (Å²) in [5, 5.41) is 8.26. The van der Waals surface area contributed by atoms with Crippen molar-refractivity contribution in [3.63, 3.8) is 0 Å². The van der Waals surface area contributed by atoms with Gasteiger partial charge in [0.1, 0.15) is 0 Å². The fourth-order valence-corrected chi connectivity index (χ4v) is 3.62. The van der Waals surface area contributed by atoms with Crippen LogP contribution in [0.15, 0.2) is 66.9 Å². The maximum atomic E-state index is 12.5. The zero-order valence-corrected chi connectivity index (χ0v) is 19.4. The highest BCUT2D eigenvalue weighted by atomic mass is 35.5. The smallest absolute Gasteiger partial charge is 0.251 e. The molecule has 1 amide bonds. The van der Waals surface area contributed by atoms with Crippen molar-refractivity contribution < 1.29 is 9.53 Å². The molecule has 1 N–H and O–H groups in total. The lowest BCUT2D eigenvalue weighted by Crippen LogP contribution is -2.31. The average Bonchev–Trinajstić information content (AvgIpc) is 3.22. The number of hydrogen-bond donors (Lipinski definition) is 1. The van der Waals surface area contributed by atoms with E-state index in [0.29, 0.717) is 35.3 Å². The van der Waals surface area contributed by atoms with Gasteiger partial charge in [-0.2, -0.15) is 0 Å². The van der Waals surface area contributed by atoms with Gasteiger partial charge in [-0.05, 0) is 50.0 Å². The van der Waals surface area contributed by atoms with E-state index in [-0.39, 0.29) is 5.91 Å². The van der Waals surface area contributed by atoms with Crippen LogP contribution >= 0.6 is 11.6 Å². The monoisotopic (exact) mass is 463 g/mol. The number of amides is 1. The molecule has 7 nitrogen and oxygen atoms in total. The van der Waals surface area contributed by atoms with Crippen LogP contribution in [0.25, 0.3) is 16.9 Å². The number of nitrogens with zero attached hydrogens (tertiary/aromatic N) is 4. The average molecular weight is 464 g/mol. The van der Waals surface area contributed by atoms with E-state index in [1.165, 1.54) is 0 Å². The van der Waals surface area contributed by atoms with E-state index < -0.39 is 0 Å². The Morgan fingerprint density at radius 3 is 2.79 bits per heavy atom. The van der Waals surface area contributed by atoms with Crippen LogP contribution in [-0.2, 0) is 6.42 Å². The molecule has 8 heteroatoms. The molecule has 0 fully saturated rings. The molecule has 4 rings (SSSR count). The van der Waals surface area contributed by atoms with Crippen LogP contribution < -0.4 is 10.1 Å². The summed E-state index contributed by atoms with van der Waals surface area (Å²) in [5.74, 6) is 0.395. The lowest BCUT2D eigenvalue weighted by Gasteiger charge is -2.11. The fraction of sp³-hybridized carbons (Fsp3) is 0.240. The Bertz CT molecular complexity index is 1250. The Labute approximate surface area is 198 Å². The van der Waals surface area contributed by atoms with Gasteiger partial charge in [0, 0.05) is 41.7 Å². The molecule has 0 aliphatic carbocycles. The summed E-state index contributed by atoms with van der Waals surface area (Å²) in [6.07, 6.45) is 2.48. The van der Waals surface area contributed by atoms with E-state index >= 15 is 0 Å². The van der Waals surface area contributed by atoms with E-state index in [4.69, 9.17) is 16.3 Å². The number of carbonyl (C=O) groups is 1. The Morgan fingerprint density at radius 2 is 1.97 bits per heavy atom. The first-order valence-corrected chi connectivity index (χ1v) is 11.1. The van der Waals surface area contributed by atoms with Gasteiger partial charge in [0.2, 0.25) is 5.88 Å². The topological polar surface area (TPSA) is 71.8 Å². The number of halogens is 1. The first-order valence-electron chi connectivity index (χ1n) is 10.7. The second-order valence-corrected chi connectivity index (χ2v) is 8.39. The lowest BCUT2D eigenvalue weighted by molar-refractivity contribution is 0.0951. The summed E-state index contributed by atoms with van der Waals surface area (Å²) in [4.78, 5) is 19.0. The molecule has 0 bridgehead atoms. The molecule has 0 radical (unpaired) electrons. The molecule has 0 saturated carbocycles. The molecule has 170 valence electrons. The number of carbonyl (C=O) groups excluding carboxylic acids is 1. The van der Waals surface area contributed by atoms with Gasteiger partial charge in [0.05, 0.1) is 18.5 Å². The van der Waals surface area contributed by atoms with Crippen LogP contribution in [-0.4, -0.2) is 59.2 Å². The summed E-state index contributed by atoms with van der Waals surface area (Å²) in [5.41, 5.74) is 4.04. The van der Waals surface area contributed by atoms with Crippen molar-refractivity contribution in [3.8, 4) is 17.1 Å². The minimum absolute atomic E-state index is 0.106. The third kappa shape index (κ3) is 5.88. The molecule has 0 saturated heterocycles. The van der Waals surface area contributed by atoms with Crippen LogP contribution in [0.4, 0.5) is 0 Å². The minimum Gasteiger partial charge on any atom is -0.476 e. The van der Waals surface area contributed by atoms with E-state index in [9.17, 15) is 4.79 Å². The number of fused-ring (bicyclic) bond motifs is 1. The predicted octanol–water partition coefficient (Wildman–Crippen LogP) is 3.96. The molecule has 0 unspecified atom stereocenters. The molecule has 4 aromatic rings. The van der Waals surface area contributed by atoms with Crippen molar-refractivity contribution in [3.05, 3.63) is 83.0 Å². The predicted molar refractivity (Wildman–Crippen MR) is 130 cm³/mol. The molecule has 2 heterocycles. The van der Waals surface area contributed by atoms with Gasteiger partial charge in [0.25, 0.3) is 5.91 Å². The zero-order chi connectivity index (χ0) is 23.2. The Balaban J connectivity index is 1.48. The molecular formula is C25H26ClN5O2. The number of likely N-dealkylation sites (N-methyl/N-ethyl adjacent to an activating group) is 1. The molecule has 33 heavy (non-hydrogen) atoms. The molecule has 2 aromatic heterocycles. The van der Waals surface area contributed by atoms with E-state index in [1.807, 2.05) is 67.5 Å². The largest absolute Gasteiger partial charge is 0.476 e. The third-order valence-electron chi connectivity index (χ3n) is 5.13. The highest BCUT2D eigenvalue weighted by molar-refractivity contribution is 6.30. The summed E-state index contributed by atoms with van der Waals surface area (Å²) in [6.45, 7) is 1.84. The summed E-state index contributed by atoms with van der Waals surface area (Å²) in [7, 11) is 3.94. The number of ether oxygens (including phenoxy) is 1. The van der Waals surface area contributed by atoms with Crippen molar-refractivity contribution in [2.24, 2.45) is 0 Å². The number of benzene rings is 2. The number of rotatable bonds is 9. The standard InChI is InChI=1S/C25H26ClN5O2/c1-30(2)13-12-27-25(32)20-7-4-6-19(16-20)22-17-28-23-9-10-24(29-31(22)23)33-14-11-18-5-3-8-21(26)15-18/h3-10,15-17H,11-14H2,1-2H3,(H,27,32). The maximum absolute atomic E-state index is 12.5. The van der Waals surface area contributed by atoms with Gasteiger partial charge in [-0.1, -0.05) is 35.9 Å². The van der Waals surface area contributed by atoms with E-state index in [1.54, 1.807) is 22.8 Å². The second kappa shape index (κ2) is 10.5. The van der Waals surface area contributed by atoms with Gasteiger partial charge < -0.3 is 15.0 Å². The second-order valence-electron chi connectivity index (χ2n) is 7.95.